The molecule has 4 aromatic rings. The molecule has 9 heteroatoms. The molecule has 0 amide bonds. The lowest BCUT2D eigenvalue weighted by molar-refractivity contribution is 0.170. The number of methoxy groups -OCH3 is 1. The molecule has 0 aromatic carbocycles. The van der Waals surface area contributed by atoms with Gasteiger partial charge < -0.3 is 15.0 Å². The molecule has 0 radical (unpaired) electrons. The van der Waals surface area contributed by atoms with Crippen LogP contribution in [-0.2, 0) is 4.74 Å². The van der Waals surface area contributed by atoms with Crippen LogP contribution in [0.25, 0.3) is 21.6 Å². The van der Waals surface area contributed by atoms with Gasteiger partial charge in [0.15, 0.2) is 5.13 Å². The first-order valence-electron chi connectivity index (χ1n) is 10.5. The van der Waals surface area contributed by atoms with Gasteiger partial charge in [-0.05, 0) is 43.4 Å². The smallest absolute Gasteiger partial charge is 0.190 e. The molecule has 2 N–H and O–H groups in total. The number of ether oxygens (including phenoxy) is 1. The minimum absolute atomic E-state index is 0.762. The maximum absolute atomic E-state index is 5.23. The van der Waals surface area contributed by atoms with Gasteiger partial charge in [0.25, 0.3) is 0 Å². The van der Waals surface area contributed by atoms with Crippen LogP contribution in [0.15, 0.2) is 42.9 Å². The van der Waals surface area contributed by atoms with Gasteiger partial charge >= 0.3 is 0 Å². The van der Waals surface area contributed by atoms with Crippen molar-refractivity contribution in [3.63, 3.8) is 0 Å². The van der Waals surface area contributed by atoms with Crippen molar-refractivity contribution >= 4 is 38.3 Å². The number of fused-ring (bicyclic) bond motifs is 1. The van der Waals surface area contributed by atoms with E-state index in [2.05, 4.69) is 42.5 Å². The van der Waals surface area contributed by atoms with E-state index in [1.54, 1.807) is 13.3 Å². The zero-order valence-electron chi connectivity index (χ0n) is 17.4. The number of aromatic nitrogens is 5. The fraction of sp³-hybridized carbons (Fsp3) is 0.364. The average Bonchev–Trinajstić information content (AvgIpc) is 3.47. The van der Waals surface area contributed by atoms with Crippen molar-refractivity contribution in [1.29, 1.82) is 0 Å². The first-order chi connectivity index (χ1) is 15.3. The van der Waals surface area contributed by atoms with Crippen molar-refractivity contribution in [1.82, 2.24) is 25.1 Å². The highest BCUT2D eigenvalue weighted by Crippen LogP contribution is 2.30. The molecule has 31 heavy (non-hydrogen) atoms. The lowest BCUT2D eigenvalue weighted by Crippen LogP contribution is -2.34. The van der Waals surface area contributed by atoms with Crippen LogP contribution < -0.4 is 10.2 Å². The second kappa shape index (κ2) is 8.99. The highest BCUT2D eigenvalue weighted by Gasteiger charge is 2.19. The first-order valence-corrected chi connectivity index (χ1v) is 11.3. The SMILES string of the molecule is COCCC1CCN(c2ccnc(Nc3nc4ccc(-c5cn[nH]c5)nc4s3)c2)CC1. The van der Waals surface area contributed by atoms with Crippen molar-refractivity contribution in [2.24, 2.45) is 5.92 Å². The Morgan fingerprint density at radius 1 is 1.23 bits per heavy atom. The van der Waals surface area contributed by atoms with Crippen molar-refractivity contribution in [2.75, 3.05) is 37.0 Å². The molecular formula is C22H25N7OS. The van der Waals surface area contributed by atoms with Crippen molar-refractivity contribution in [2.45, 2.75) is 19.3 Å². The molecule has 1 aliphatic heterocycles. The summed E-state index contributed by atoms with van der Waals surface area (Å²) in [4.78, 5) is 17.2. The maximum atomic E-state index is 5.23. The molecule has 1 fully saturated rings. The second-order valence-corrected chi connectivity index (χ2v) is 8.74. The summed E-state index contributed by atoms with van der Waals surface area (Å²) < 4.78 is 5.23. The van der Waals surface area contributed by atoms with Gasteiger partial charge in [0.2, 0.25) is 0 Å². The summed E-state index contributed by atoms with van der Waals surface area (Å²) in [5.74, 6) is 1.56. The van der Waals surface area contributed by atoms with Crippen molar-refractivity contribution in [3.05, 3.63) is 42.9 Å². The summed E-state index contributed by atoms with van der Waals surface area (Å²) in [7, 11) is 1.78. The largest absolute Gasteiger partial charge is 0.385 e. The summed E-state index contributed by atoms with van der Waals surface area (Å²) in [5, 5.41) is 11.0. The van der Waals surface area contributed by atoms with E-state index in [0.717, 1.165) is 64.6 Å². The molecule has 1 saturated heterocycles. The Balaban J connectivity index is 1.28. The number of rotatable bonds is 7. The van der Waals surface area contributed by atoms with Gasteiger partial charge in [0.1, 0.15) is 16.2 Å². The third-order valence-corrected chi connectivity index (χ3v) is 6.62. The molecule has 0 spiro atoms. The highest BCUT2D eigenvalue weighted by molar-refractivity contribution is 7.21. The topological polar surface area (TPSA) is 91.9 Å². The third-order valence-electron chi connectivity index (χ3n) is 5.74. The van der Waals surface area contributed by atoms with Gasteiger partial charge in [-0.15, -0.1) is 0 Å². The van der Waals surface area contributed by atoms with Crippen LogP contribution in [0.4, 0.5) is 16.6 Å². The Labute approximate surface area is 184 Å². The van der Waals surface area contributed by atoms with Crippen LogP contribution in [0, 0.1) is 5.92 Å². The first kappa shape index (κ1) is 19.9. The van der Waals surface area contributed by atoms with Crippen LogP contribution in [0.3, 0.4) is 0 Å². The predicted octanol–water partition coefficient (Wildman–Crippen LogP) is 4.47. The van der Waals surface area contributed by atoms with Gasteiger partial charge in [-0.2, -0.15) is 5.10 Å². The molecule has 8 nitrogen and oxygen atoms in total. The maximum Gasteiger partial charge on any atom is 0.190 e. The van der Waals surface area contributed by atoms with Gasteiger partial charge in [-0.1, -0.05) is 11.3 Å². The number of piperidine rings is 1. The van der Waals surface area contributed by atoms with E-state index in [4.69, 9.17) is 9.72 Å². The normalized spacial score (nSPS) is 14.9. The van der Waals surface area contributed by atoms with Gasteiger partial charge in [0.05, 0.1) is 11.9 Å². The summed E-state index contributed by atoms with van der Waals surface area (Å²) in [6, 6.07) is 8.14. The van der Waals surface area contributed by atoms with E-state index in [1.807, 2.05) is 24.5 Å². The summed E-state index contributed by atoms with van der Waals surface area (Å²) in [6.45, 7) is 2.99. The molecule has 1 aliphatic rings. The molecule has 0 aliphatic carbocycles. The standard InChI is InChI=1S/C22H25N7OS/c1-30-11-7-15-5-9-29(10-6-15)17-4-8-23-20(12-17)28-22-27-19-3-2-18(26-21(19)31-22)16-13-24-25-14-16/h2-4,8,12-15H,5-7,9-11H2,1H3,(H,24,25)(H,23,27,28). The number of pyridine rings is 2. The van der Waals surface area contributed by atoms with Crippen molar-refractivity contribution in [3.8, 4) is 11.3 Å². The van der Waals surface area contributed by atoms with Crippen molar-refractivity contribution < 1.29 is 4.74 Å². The highest BCUT2D eigenvalue weighted by atomic mass is 32.1. The lowest BCUT2D eigenvalue weighted by atomic mass is 9.93. The number of nitrogens with zero attached hydrogens (tertiary/aromatic N) is 5. The summed E-state index contributed by atoms with van der Waals surface area (Å²) in [5.41, 5.74) is 3.91. The predicted molar refractivity (Wildman–Crippen MR) is 124 cm³/mol. The van der Waals surface area contributed by atoms with E-state index in [9.17, 15) is 0 Å². The van der Waals surface area contributed by atoms with Gasteiger partial charge in [-0.3, -0.25) is 5.10 Å². The Kier molecular flexibility index (Phi) is 5.77. The Morgan fingerprint density at radius 2 is 2.13 bits per heavy atom. The summed E-state index contributed by atoms with van der Waals surface area (Å²) in [6.07, 6.45) is 9.03. The van der Waals surface area contributed by atoms with E-state index >= 15 is 0 Å². The number of hydrogen-bond donors (Lipinski definition) is 2. The number of H-pyrrole nitrogens is 1. The van der Waals surface area contributed by atoms with Gasteiger partial charge in [-0.25, -0.2) is 15.0 Å². The third kappa shape index (κ3) is 4.52. The van der Waals surface area contributed by atoms with E-state index in [0.29, 0.717) is 0 Å². The average molecular weight is 436 g/mol. The van der Waals surface area contributed by atoms with Crippen LogP contribution in [-0.4, -0.2) is 52.0 Å². The Bertz CT molecular complexity index is 1140. The van der Waals surface area contributed by atoms with Crippen LogP contribution in [0.2, 0.25) is 0 Å². The minimum atomic E-state index is 0.762. The molecule has 5 heterocycles. The summed E-state index contributed by atoms with van der Waals surface area (Å²) >= 11 is 1.52. The van der Waals surface area contributed by atoms with Crippen LogP contribution >= 0.6 is 11.3 Å². The zero-order valence-corrected chi connectivity index (χ0v) is 18.2. The molecule has 0 bridgehead atoms. The second-order valence-electron chi connectivity index (χ2n) is 7.76. The van der Waals surface area contributed by atoms with Crippen LogP contribution in [0.5, 0.6) is 0 Å². The monoisotopic (exact) mass is 435 g/mol. The fourth-order valence-corrected chi connectivity index (χ4v) is 4.83. The van der Waals surface area contributed by atoms with E-state index in [-0.39, 0.29) is 0 Å². The number of hydrogen-bond acceptors (Lipinski definition) is 8. The number of nitrogens with one attached hydrogen (secondary N) is 2. The number of aromatic amines is 1. The molecular weight excluding hydrogens is 410 g/mol. The molecule has 160 valence electrons. The van der Waals surface area contributed by atoms with E-state index in [1.165, 1.54) is 29.9 Å². The lowest BCUT2D eigenvalue weighted by Gasteiger charge is -2.33. The molecule has 5 rings (SSSR count). The molecule has 4 aromatic heterocycles. The van der Waals surface area contributed by atoms with Gasteiger partial charge in [0, 0.05) is 56.5 Å². The minimum Gasteiger partial charge on any atom is -0.385 e. The molecule has 0 saturated carbocycles. The number of thiazole rings is 1. The zero-order chi connectivity index (χ0) is 21.0. The number of anilines is 3. The Morgan fingerprint density at radius 3 is 2.94 bits per heavy atom. The Hall–Kier alpha value is -3.04. The quantitative estimate of drug-likeness (QED) is 0.442. The fourth-order valence-electron chi connectivity index (χ4n) is 3.98. The van der Waals surface area contributed by atoms with E-state index < -0.39 is 0 Å². The van der Waals surface area contributed by atoms with Crippen LogP contribution in [0.1, 0.15) is 19.3 Å². The molecule has 0 atom stereocenters. The molecule has 0 unspecified atom stereocenters.